The van der Waals surface area contributed by atoms with Crippen LogP contribution in [0.4, 0.5) is 0 Å². The number of aliphatic carboxylic acids is 1. The summed E-state index contributed by atoms with van der Waals surface area (Å²) in [6.45, 7) is 1.69. The molecule has 2 N–H and O–H groups in total. The number of carboxylic acids is 1. The normalized spacial score (nSPS) is 10.8. The minimum atomic E-state index is -1.17. The van der Waals surface area contributed by atoms with Gasteiger partial charge < -0.3 is 5.11 Å². The first-order valence-corrected chi connectivity index (χ1v) is 13.9. The van der Waals surface area contributed by atoms with E-state index in [9.17, 15) is 14.4 Å². The lowest BCUT2D eigenvalue weighted by atomic mass is 10.0. The van der Waals surface area contributed by atoms with Crippen LogP contribution in [-0.4, -0.2) is 34.4 Å². The van der Waals surface area contributed by atoms with E-state index >= 15 is 0 Å². The second-order valence-corrected chi connectivity index (χ2v) is 9.59. The fraction of sp³-hybridized carbons (Fsp3) is 0.690. The number of nitrogens with zero attached hydrogens (tertiary/aromatic N) is 1. The molecule has 2 amide bonds. The lowest BCUT2D eigenvalue weighted by molar-refractivity contribution is -0.139. The van der Waals surface area contributed by atoms with Gasteiger partial charge in [0, 0.05) is 12.0 Å². The van der Waals surface area contributed by atoms with Gasteiger partial charge in [-0.1, -0.05) is 128 Å². The van der Waals surface area contributed by atoms with Crippen LogP contribution >= 0.6 is 0 Å². The summed E-state index contributed by atoms with van der Waals surface area (Å²) < 4.78 is 0. The van der Waals surface area contributed by atoms with E-state index in [-0.39, 0.29) is 12.3 Å². The monoisotopic (exact) mass is 488 g/mol. The zero-order chi connectivity index (χ0) is 25.6. The Morgan fingerprint density at radius 1 is 0.686 bits per heavy atom. The molecule has 0 heterocycles. The molecule has 0 spiro atoms. The Morgan fingerprint density at radius 3 is 1.54 bits per heavy atom. The van der Waals surface area contributed by atoms with Gasteiger partial charge in [0.1, 0.15) is 6.54 Å². The summed E-state index contributed by atoms with van der Waals surface area (Å²) in [6.07, 6.45) is 22.0. The van der Waals surface area contributed by atoms with Gasteiger partial charge in [-0.2, -0.15) is 0 Å². The van der Waals surface area contributed by atoms with Crippen molar-refractivity contribution in [1.29, 1.82) is 0 Å². The number of hydrazine groups is 1. The third-order valence-electron chi connectivity index (χ3n) is 6.33. The van der Waals surface area contributed by atoms with Crippen molar-refractivity contribution in [3.63, 3.8) is 0 Å². The molecule has 0 saturated heterocycles. The summed E-state index contributed by atoms with van der Waals surface area (Å²) in [5.41, 5.74) is 2.80. The molecule has 0 saturated carbocycles. The Morgan fingerprint density at radius 2 is 1.11 bits per heavy atom. The minimum absolute atomic E-state index is 0.288. The molecule has 1 aromatic carbocycles. The van der Waals surface area contributed by atoms with Crippen molar-refractivity contribution < 1.29 is 19.5 Å². The predicted octanol–water partition coefficient (Wildman–Crippen LogP) is 7.29. The highest BCUT2D eigenvalue weighted by Crippen LogP contribution is 2.14. The SMILES string of the molecule is CCCCCCCCCCCCCCCCCCCC(=O)NN(CC(=O)O)C(=O)c1ccccc1. The highest BCUT2D eigenvalue weighted by molar-refractivity contribution is 5.96. The summed E-state index contributed by atoms with van der Waals surface area (Å²) >= 11 is 0. The summed E-state index contributed by atoms with van der Waals surface area (Å²) in [4.78, 5) is 35.8. The summed E-state index contributed by atoms with van der Waals surface area (Å²) in [6, 6.07) is 8.37. The molecule has 0 atom stereocenters. The molecular formula is C29H48N2O4. The molecule has 6 heteroatoms. The van der Waals surface area contributed by atoms with Crippen molar-refractivity contribution in [2.45, 2.75) is 122 Å². The second kappa shape index (κ2) is 21.0. The van der Waals surface area contributed by atoms with Crippen LogP contribution in [-0.2, 0) is 9.59 Å². The third-order valence-corrected chi connectivity index (χ3v) is 6.33. The van der Waals surface area contributed by atoms with Crippen LogP contribution in [0.3, 0.4) is 0 Å². The lowest BCUT2D eigenvalue weighted by Gasteiger charge is -2.21. The van der Waals surface area contributed by atoms with Gasteiger partial charge in [0.05, 0.1) is 0 Å². The molecule has 0 aliphatic rings. The van der Waals surface area contributed by atoms with E-state index in [2.05, 4.69) is 12.3 Å². The van der Waals surface area contributed by atoms with E-state index in [1.54, 1.807) is 30.3 Å². The van der Waals surface area contributed by atoms with Crippen molar-refractivity contribution in [3.05, 3.63) is 35.9 Å². The number of carbonyl (C=O) groups is 3. The molecule has 0 radical (unpaired) electrons. The van der Waals surface area contributed by atoms with Crippen LogP contribution in [0.1, 0.15) is 133 Å². The van der Waals surface area contributed by atoms with Crippen molar-refractivity contribution >= 4 is 17.8 Å². The number of amides is 2. The molecule has 0 aliphatic heterocycles. The van der Waals surface area contributed by atoms with Crippen LogP contribution < -0.4 is 5.43 Å². The van der Waals surface area contributed by atoms with Gasteiger partial charge in [-0.15, -0.1) is 0 Å². The van der Waals surface area contributed by atoms with E-state index < -0.39 is 18.4 Å². The van der Waals surface area contributed by atoms with Gasteiger partial charge in [-0.3, -0.25) is 19.8 Å². The van der Waals surface area contributed by atoms with Crippen molar-refractivity contribution in [3.8, 4) is 0 Å². The van der Waals surface area contributed by atoms with E-state index in [0.717, 1.165) is 24.3 Å². The van der Waals surface area contributed by atoms with Gasteiger partial charge >= 0.3 is 5.97 Å². The lowest BCUT2D eigenvalue weighted by Crippen LogP contribution is -2.48. The zero-order valence-electron chi connectivity index (χ0n) is 21.9. The molecule has 198 valence electrons. The van der Waals surface area contributed by atoms with E-state index in [4.69, 9.17) is 5.11 Å². The fourth-order valence-corrected chi connectivity index (χ4v) is 4.25. The molecule has 0 aromatic heterocycles. The van der Waals surface area contributed by atoms with Gasteiger partial charge in [0.15, 0.2) is 0 Å². The third kappa shape index (κ3) is 16.8. The fourth-order valence-electron chi connectivity index (χ4n) is 4.25. The molecule has 35 heavy (non-hydrogen) atoms. The number of rotatable bonds is 21. The van der Waals surface area contributed by atoms with E-state index in [0.29, 0.717) is 5.56 Å². The van der Waals surface area contributed by atoms with Crippen LogP contribution in [0.15, 0.2) is 30.3 Å². The number of carboxylic acid groups (broad SMARTS) is 1. The summed E-state index contributed by atoms with van der Waals surface area (Å²) in [5.74, 6) is -2.02. The Labute approximate surface area is 212 Å². The Kier molecular flexibility index (Phi) is 18.4. The number of benzene rings is 1. The molecule has 0 fully saturated rings. The maximum absolute atomic E-state index is 12.5. The number of hydrogen-bond donors (Lipinski definition) is 2. The number of nitrogens with one attached hydrogen (secondary N) is 1. The van der Waals surface area contributed by atoms with Crippen LogP contribution in [0, 0.1) is 0 Å². The summed E-state index contributed by atoms with van der Waals surface area (Å²) in [7, 11) is 0. The highest BCUT2D eigenvalue weighted by atomic mass is 16.4. The van der Waals surface area contributed by atoms with Crippen molar-refractivity contribution in [2.24, 2.45) is 0 Å². The van der Waals surface area contributed by atoms with Crippen molar-refractivity contribution in [1.82, 2.24) is 10.4 Å². The molecule has 1 aromatic rings. The average molecular weight is 489 g/mol. The Hall–Kier alpha value is -2.37. The topological polar surface area (TPSA) is 86.7 Å². The number of hydrogen-bond acceptors (Lipinski definition) is 3. The standard InChI is InChI=1S/C29H48N2O4/c1-2-3-4-5-6-7-8-9-10-11-12-13-14-15-16-17-21-24-27(32)30-31(25-28(33)34)29(35)26-22-19-18-20-23-26/h18-20,22-23H,2-17,21,24-25H2,1H3,(H,30,32)(H,33,34). The van der Waals surface area contributed by atoms with Crippen LogP contribution in [0.5, 0.6) is 0 Å². The number of carbonyl (C=O) groups excluding carboxylic acids is 2. The zero-order valence-corrected chi connectivity index (χ0v) is 21.9. The van der Waals surface area contributed by atoms with Gasteiger partial charge in [0.25, 0.3) is 5.91 Å². The first kappa shape index (κ1) is 30.7. The Bertz CT molecular complexity index is 693. The minimum Gasteiger partial charge on any atom is -0.480 e. The second-order valence-electron chi connectivity index (χ2n) is 9.59. The van der Waals surface area contributed by atoms with Gasteiger partial charge in [0.2, 0.25) is 5.91 Å². The molecule has 0 aliphatic carbocycles. The molecule has 0 unspecified atom stereocenters. The van der Waals surface area contributed by atoms with Crippen molar-refractivity contribution in [2.75, 3.05) is 6.54 Å². The highest BCUT2D eigenvalue weighted by Gasteiger charge is 2.20. The molecule has 1 rings (SSSR count). The predicted molar refractivity (Wildman–Crippen MR) is 142 cm³/mol. The average Bonchev–Trinajstić information content (AvgIpc) is 2.85. The molecular weight excluding hydrogens is 440 g/mol. The number of unbranched alkanes of at least 4 members (excludes halogenated alkanes) is 16. The largest absolute Gasteiger partial charge is 0.480 e. The van der Waals surface area contributed by atoms with Crippen LogP contribution in [0.25, 0.3) is 0 Å². The molecule has 0 bridgehead atoms. The first-order chi connectivity index (χ1) is 17.0. The maximum Gasteiger partial charge on any atom is 0.325 e. The van der Waals surface area contributed by atoms with Crippen LogP contribution in [0.2, 0.25) is 0 Å². The van der Waals surface area contributed by atoms with Gasteiger partial charge in [-0.25, -0.2) is 5.01 Å². The molecule has 6 nitrogen and oxygen atoms in total. The van der Waals surface area contributed by atoms with E-state index in [1.807, 2.05) is 0 Å². The van der Waals surface area contributed by atoms with Gasteiger partial charge in [-0.05, 0) is 18.6 Å². The maximum atomic E-state index is 12.5. The Balaban J connectivity index is 2.01. The smallest absolute Gasteiger partial charge is 0.325 e. The summed E-state index contributed by atoms with van der Waals surface area (Å²) in [5, 5.41) is 9.96. The first-order valence-electron chi connectivity index (χ1n) is 13.9. The quantitative estimate of drug-likeness (QED) is 0.140. The van der Waals surface area contributed by atoms with E-state index in [1.165, 1.54) is 89.9 Å².